The molecule has 2 heterocycles. The zero-order valence-electron chi connectivity index (χ0n) is 13.9. The van der Waals surface area contributed by atoms with E-state index in [1.807, 2.05) is 0 Å². The summed E-state index contributed by atoms with van der Waals surface area (Å²) < 4.78 is 27.0. The number of esters is 1. The van der Waals surface area contributed by atoms with Crippen LogP contribution in [0, 0.1) is 0 Å². The van der Waals surface area contributed by atoms with Crippen LogP contribution in [-0.4, -0.2) is 27.7 Å². The van der Waals surface area contributed by atoms with E-state index in [0.717, 1.165) is 0 Å². The van der Waals surface area contributed by atoms with Crippen molar-refractivity contribution >= 4 is 29.2 Å². The molecule has 0 amide bonds. The minimum atomic E-state index is -1.94. The fraction of sp³-hybridized carbons (Fsp3) is 0.150. The Morgan fingerprint density at radius 1 is 1.11 bits per heavy atom. The topological polar surface area (TPSA) is 76.0 Å². The van der Waals surface area contributed by atoms with Crippen LogP contribution in [0.15, 0.2) is 64.6 Å². The van der Waals surface area contributed by atoms with Crippen LogP contribution in [0.3, 0.4) is 0 Å². The first-order valence-corrected chi connectivity index (χ1v) is 9.13. The Kier molecular flexibility index (Phi) is 3.51. The molecule has 1 aliphatic carbocycles. The van der Waals surface area contributed by atoms with Crippen molar-refractivity contribution in [2.24, 2.45) is 0 Å². The van der Waals surface area contributed by atoms with Gasteiger partial charge in [0.1, 0.15) is 27.7 Å². The number of ether oxygens (including phenoxy) is 2. The Morgan fingerprint density at radius 3 is 2.64 bits per heavy atom. The van der Waals surface area contributed by atoms with E-state index in [4.69, 9.17) is 32.7 Å². The normalized spacial score (nSPS) is 27.9. The number of benzene rings is 2. The molecule has 0 fully saturated rings. The molecule has 0 saturated heterocycles. The van der Waals surface area contributed by atoms with E-state index >= 15 is 4.39 Å². The minimum Gasteiger partial charge on any atom is -0.509 e. The summed E-state index contributed by atoms with van der Waals surface area (Å²) in [5.41, 5.74) is -0.798. The van der Waals surface area contributed by atoms with Crippen LogP contribution >= 0.6 is 23.2 Å². The third-order valence-corrected chi connectivity index (χ3v) is 5.96. The molecule has 0 aromatic heterocycles. The van der Waals surface area contributed by atoms with Crippen LogP contribution in [0.5, 0.6) is 11.5 Å². The molecule has 5 nitrogen and oxygen atoms in total. The Morgan fingerprint density at radius 2 is 1.86 bits per heavy atom. The standard InChI is InChI=1S/C20H11Cl2FO5/c21-14-16(23)13-18(15(22)17(14)25)27-12-7-8(24)5-6-11(12)20(13)10-4-2-1-3-9(10)19(26)28-20/h1-7,14,16,24-25H. The number of fused-ring (bicyclic) bond motifs is 5. The van der Waals surface area contributed by atoms with Crippen LogP contribution in [0.1, 0.15) is 21.5 Å². The first-order valence-electron chi connectivity index (χ1n) is 8.32. The molecular formula is C20H11Cl2FO5. The summed E-state index contributed by atoms with van der Waals surface area (Å²) in [4.78, 5) is 12.6. The van der Waals surface area contributed by atoms with E-state index < -0.39 is 28.9 Å². The second-order valence-electron chi connectivity index (χ2n) is 6.64. The Balaban J connectivity index is 1.92. The fourth-order valence-electron chi connectivity index (χ4n) is 3.98. The van der Waals surface area contributed by atoms with Gasteiger partial charge in [-0.2, -0.15) is 0 Å². The van der Waals surface area contributed by atoms with E-state index in [1.54, 1.807) is 24.3 Å². The maximum absolute atomic E-state index is 15.5. The van der Waals surface area contributed by atoms with Crippen LogP contribution in [-0.2, 0) is 10.3 Å². The van der Waals surface area contributed by atoms with Crippen LogP contribution in [0.2, 0.25) is 0 Å². The van der Waals surface area contributed by atoms with Gasteiger partial charge in [0.2, 0.25) is 0 Å². The van der Waals surface area contributed by atoms with Crippen molar-refractivity contribution in [1.29, 1.82) is 0 Å². The highest BCUT2D eigenvalue weighted by Gasteiger charge is 2.60. The van der Waals surface area contributed by atoms with Crippen molar-refractivity contribution in [3.63, 3.8) is 0 Å². The number of phenols is 1. The van der Waals surface area contributed by atoms with Crippen molar-refractivity contribution in [3.05, 3.63) is 81.3 Å². The van der Waals surface area contributed by atoms with Gasteiger partial charge in [-0.15, -0.1) is 11.6 Å². The summed E-state index contributed by atoms with van der Waals surface area (Å²) in [7, 11) is 0. The quantitative estimate of drug-likeness (QED) is 0.487. The number of phenolic OH excluding ortho intramolecular Hbond substituents is 1. The third kappa shape index (κ3) is 1.99. The van der Waals surface area contributed by atoms with Gasteiger partial charge in [0.25, 0.3) is 0 Å². The van der Waals surface area contributed by atoms with Crippen LogP contribution in [0.4, 0.5) is 4.39 Å². The Hall–Kier alpha value is -2.70. The average molecular weight is 421 g/mol. The van der Waals surface area contributed by atoms with E-state index in [-0.39, 0.29) is 33.4 Å². The molecule has 0 bridgehead atoms. The molecule has 142 valence electrons. The second-order valence-corrected chi connectivity index (χ2v) is 7.49. The van der Waals surface area contributed by atoms with Gasteiger partial charge in [-0.1, -0.05) is 29.8 Å². The summed E-state index contributed by atoms with van der Waals surface area (Å²) in [6.07, 6.45) is -1.94. The molecule has 3 aliphatic rings. The molecule has 2 aromatic carbocycles. The summed E-state index contributed by atoms with van der Waals surface area (Å²) in [5.74, 6) is -1.40. The number of rotatable bonds is 0. The molecule has 5 rings (SSSR count). The predicted octanol–water partition coefficient (Wildman–Crippen LogP) is 4.42. The van der Waals surface area contributed by atoms with Gasteiger partial charge in [0.15, 0.2) is 17.5 Å². The number of aliphatic hydroxyl groups excluding tert-OH is 1. The molecule has 1 spiro atoms. The van der Waals surface area contributed by atoms with Gasteiger partial charge in [-0.05, 0) is 18.2 Å². The molecular weight excluding hydrogens is 410 g/mol. The molecule has 3 unspecified atom stereocenters. The molecule has 2 N–H and O–H groups in total. The summed E-state index contributed by atoms with van der Waals surface area (Å²) in [5, 5.41) is 18.3. The van der Waals surface area contributed by atoms with E-state index in [1.165, 1.54) is 18.2 Å². The lowest BCUT2D eigenvalue weighted by atomic mass is 9.73. The first kappa shape index (κ1) is 17.4. The molecule has 2 aromatic rings. The molecule has 3 atom stereocenters. The van der Waals surface area contributed by atoms with Gasteiger partial charge in [-0.3, -0.25) is 0 Å². The Labute approximate surface area is 168 Å². The van der Waals surface area contributed by atoms with Crippen molar-refractivity contribution in [3.8, 4) is 11.5 Å². The third-order valence-electron chi connectivity index (χ3n) is 5.17. The highest BCUT2D eigenvalue weighted by molar-refractivity contribution is 6.34. The number of hydrogen-bond donors (Lipinski definition) is 2. The highest BCUT2D eigenvalue weighted by atomic mass is 35.5. The zero-order valence-corrected chi connectivity index (χ0v) is 15.5. The van der Waals surface area contributed by atoms with Crippen molar-refractivity contribution in [2.75, 3.05) is 0 Å². The predicted molar refractivity (Wildman–Crippen MR) is 98.4 cm³/mol. The number of hydrogen-bond acceptors (Lipinski definition) is 5. The summed E-state index contributed by atoms with van der Waals surface area (Å²) in [6, 6.07) is 10.8. The largest absolute Gasteiger partial charge is 0.509 e. The van der Waals surface area contributed by atoms with E-state index in [9.17, 15) is 15.0 Å². The summed E-state index contributed by atoms with van der Waals surface area (Å²) in [6.45, 7) is 0. The SMILES string of the molecule is O=C1OC2(C3=C(Oc4cc(O)ccc42)C(Cl)=C(O)C(Cl)C3F)c2ccccc21. The smallest absolute Gasteiger partial charge is 0.340 e. The van der Waals surface area contributed by atoms with Gasteiger partial charge < -0.3 is 19.7 Å². The zero-order chi connectivity index (χ0) is 19.8. The number of carbonyl (C=O) groups excluding carboxylic acids is 1. The van der Waals surface area contributed by atoms with Gasteiger partial charge in [0, 0.05) is 17.2 Å². The van der Waals surface area contributed by atoms with Crippen molar-refractivity contribution < 1.29 is 28.9 Å². The number of halogens is 3. The number of alkyl halides is 2. The maximum atomic E-state index is 15.5. The molecule has 8 heteroatoms. The van der Waals surface area contributed by atoms with Crippen LogP contribution < -0.4 is 4.74 Å². The van der Waals surface area contributed by atoms with E-state index in [2.05, 4.69) is 0 Å². The van der Waals surface area contributed by atoms with Gasteiger partial charge in [-0.25, -0.2) is 9.18 Å². The van der Waals surface area contributed by atoms with Gasteiger partial charge >= 0.3 is 5.97 Å². The average Bonchev–Trinajstić information content (AvgIpc) is 2.97. The van der Waals surface area contributed by atoms with Gasteiger partial charge in [0.05, 0.1) is 11.1 Å². The number of aliphatic hydroxyl groups is 1. The maximum Gasteiger partial charge on any atom is 0.340 e. The summed E-state index contributed by atoms with van der Waals surface area (Å²) >= 11 is 12.3. The number of carbonyl (C=O) groups is 1. The second kappa shape index (κ2) is 5.65. The first-order chi connectivity index (χ1) is 13.4. The van der Waals surface area contributed by atoms with Crippen LogP contribution in [0.25, 0.3) is 0 Å². The lowest BCUT2D eigenvalue weighted by Crippen LogP contribution is -2.44. The number of aromatic hydroxyl groups is 1. The Bertz CT molecular complexity index is 1130. The number of allylic oxidation sites excluding steroid dienone is 2. The molecule has 2 aliphatic heterocycles. The van der Waals surface area contributed by atoms with E-state index in [0.29, 0.717) is 11.1 Å². The van der Waals surface area contributed by atoms with Crippen molar-refractivity contribution in [1.82, 2.24) is 0 Å². The lowest BCUT2D eigenvalue weighted by molar-refractivity contribution is 0.0145. The fourth-order valence-corrected chi connectivity index (χ4v) is 4.53. The molecule has 28 heavy (non-hydrogen) atoms. The molecule has 0 saturated carbocycles. The monoisotopic (exact) mass is 420 g/mol. The lowest BCUT2D eigenvalue weighted by Gasteiger charge is -2.41. The minimum absolute atomic E-state index is 0.105. The molecule has 0 radical (unpaired) electrons. The van der Waals surface area contributed by atoms with Crippen molar-refractivity contribution in [2.45, 2.75) is 17.1 Å². The highest BCUT2D eigenvalue weighted by Crippen LogP contribution is 2.58.